The van der Waals surface area contributed by atoms with Crippen LogP contribution in [0.4, 0.5) is 0 Å². The van der Waals surface area contributed by atoms with Crippen molar-refractivity contribution < 1.29 is 32.9 Å². The van der Waals surface area contributed by atoms with Crippen molar-refractivity contribution in [2.75, 3.05) is 19.4 Å². The van der Waals surface area contributed by atoms with E-state index in [0.717, 1.165) is 11.1 Å². The normalized spacial score (nSPS) is 24.5. The van der Waals surface area contributed by atoms with Gasteiger partial charge in [-0.25, -0.2) is 13.2 Å². The molecule has 0 aromatic heterocycles. The van der Waals surface area contributed by atoms with E-state index in [1.165, 1.54) is 11.4 Å². The zero-order valence-corrected chi connectivity index (χ0v) is 17.9. The molecule has 4 rings (SSSR count). The van der Waals surface area contributed by atoms with Gasteiger partial charge in [0, 0.05) is 24.9 Å². The van der Waals surface area contributed by atoms with Gasteiger partial charge in [-0.3, -0.25) is 0 Å². The number of rotatable bonds is 8. The van der Waals surface area contributed by atoms with Crippen LogP contribution in [-0.2, 0) is 21.2 Å². The number of fused-ring (bicyclic) bond motifs is 3. The molecule has 0 amide bonds. The Kier molecular flexibility index (Phi) is 5.92. The first kappa shape index (κ1) is 21.6. The monoisotopic (exact) mass is 447 g/mol. The maximum atomic E-state index is 13.1. The van der Waals surface area contributed by atoms with E-state index < -0.39 is 40.8 Å². The summed E-state index contributed by atoms with van der Waals surface area (Å²) in [5, 5.41) is 19.6. The van der Waals surface area contributed by atoms with Crippen LogP contribution in [0.2, 0.25) is 0 Å². The van der Waals surface area contributed by atoms with E-state index in [4.69, 9.17) is 14.6 Å². The van der Waals surface area contributed by atoms with E-state index in [1.54, 1.807) is 12.1 Å². The standard InChI is InChI=1S/C22H25NO7S/c1-23(31(27,28)11-10-14-6-3-2-4-7-14)21-16(24)12-18-20(21)15-8-5-9-17(22(15)30-18)29-13-19(25)26/h2-9,16,18,20-21,24H,10-13H2,1H3,(H,25,26). The number of hydrogen-bond acceptors (Lipinski definition) is 6. The van der Waals surface area contributed by atoms with Crippen molar-refractivity contribution in [1.29, 1.82) is 0 Å². The molecule has 1 fully saturated rings. The summed E-state index contributed by atoms with van der Waals surface area (Å²) in [6, 6.07) is 13.9. The number of carbonyl (C=O) groups is 1. The van der Waals surface area contributed by atoms with Crippen molar-refractivity contribution in [2.24, 2.45) is 0 Å². The fourth-order valence-corrected chi connectivity index (χ4v) is 5.93. The largest absolute Gasteiger partial charge is 0.485 e. The van der Waals surface area contributed by atoms with Gasteiger partial charge in [0.05, 0.1) is 17.9 Å². The second-order valence-electron chi connectivity index (χ2n) is 7.90. The highest BCUT2D eigenvalue weighted by atomic mass is 32.2. The van der Waals surface area contributed by atoms with Crippen molar-refractivity contribution in [3.8, 4) is 11.5 Å². The molecular formula is C22H25NO7S. The maximum absolute atomic E-state index is 13.1. The van der Waals surface area contributed by atoms with Crippen molar-refractivity contribution in [3.05, 3.63) is 59.7 Å². The summed E-state index contributed by atoms with van der Waals surface area (Å²) in [5.74, 6) is -0.810. The van der Waals surface area contributed by atoms with Crippen LogP contribution in [0.5, 0.6) is 11.5 Å². The van der Waals surface area contributed by atoms with Crippen molar-refractivity contribution in [2.45, 2.75) is 37.0 Å². The van der Waals surface area contributed by atoms with Crippen molar-refractivity contribution >= 4 is 16.0 Å². The highest BCUT2D eigenvalue weighted by Gasteiger charge is 2.53. The van der Waals surface area contributed by atoms with Crippen LogP contribution in [0.3, 0.4) is 0 Å². The molecule has 2 aromatic rings. The fraction of sp³-hybridized carbons (Fsp3) is 0.409. The lowest BCUT2D eigenvalue weighted by molar-refractivity contribution is -0.139. The number of likely N-dealkylation sites (N-methyl/N-ethyl adjacent to an activating group) is 1. The fourth-order valence-electron chi connectivity index (χ4n) is 4.50. The molecule has 0 saturated heterocycles. The van der Waals surface area contributed by atoms with Gasteiger partial charge in [0.25, 0.3) is 0 Å². The zero-order valence-electron chi connectivity index (χ0n) is 17.0. The van der Waals surface area contributed by atoms with Gasteiger partial charge in [0.1, 0.15) is 6.10 Å². The van der Waals surface area contributed by atoms with Gasteiger partial charge in [0.15, 0.2) is 18.1 Å². The molecule has 8 nitrogen and oxygen atoms in total. The topological polar surface area (TPSA) is 113 Å². The molecule has 1 aliphatic carbocycles. The molecule has 4 unspecified atom stereocenters. The molecular weight excluding hydrogens is 422 g/mol. The first-order chi connectivity index (χ1) is 14.8. The van der Waals surface area contributed by atoms with Crippen LogP contribution in [0.1, 0.15) is 23.5 Å². The van der Waals surface area contributed by atoms with E-state index in [1.807, 2.05) is 36.4 Å². The number of benzene rings is 2. The smallest absolute Gasteiger partial charge is 0.341 e. The van der Waals surface area contributed by atoms with Crippen molar-refractivity contribution in [3.63, 3.8) is 0 Å². The number of carboxylic acid groups (broad SMARTS) is 1. The molecule has 0 radical (unpaired) electrons. The summed E-state index contributed by atoms with van der Waals surface area (Å²) < 4.78 is 38.7. The average molecular weight is 448 g/mol. The lowest BCUT2D eigenvalue weighted by atomic mass is 9.93. The first-order valence-corrected chi connectivity index (χ1v) is 11.7. The summed E-state index contributed by atoms with van der Waals surface area (Å²) >= 11 is 0. The molecule has 31 heavy (non-hydrogen) atoms. The summed E-state index contributed by atoms with van der Waals surface area (Å²) in [5.41, 5.74) is 1.65. The minimum atomic E-state index is -3.64. The Balaban J connectivity index is 1.56. The summed E-state index contributed by atoms with van der Waals surface area (Å²) in [6.07, 6.45) is -0.620. The number of carboxylic acids is 1. The second kappa shape index (κ2) is 8.49. The number of aryl methyl sites for hydroxylation is 1. The van der Waals surface area contributed by atoms with Crippen LogP contribution < -0.4 is 9.47 Å². The molecule has 2 N–H and O–H groups in total. The third-order valence-electron chi connectivity index (χ3n) is 5.98. The molecule has 2 aromatic carbocycles. The minimum Gasteiger partial charge on any atom is -0.485 e. The van der Waals surface area contributed by atoms with Gasteiger partial charge in [0.2, 0.25) is 10.0 Å². The quantitative estimate of drug-likeness (QED) is 0.632. The second-order valence-corrected chi connectivity index (χ2v) is 10.0. The van der Waals surface area contributed by atoms with Crippen LogP contribution in [-0.4, -0.2) is 66.6 Å². The van der Waals surface area contributed by atoms with Gasteiger partial charge < -0.3 is 19.7 Å². The van der Waals surface area contributed by atoms with Crippen LogP contribution in [0.25, 0.3) is 0 Å². The van der Waals surface area contributed by atoms with Gasteiger partial charge in [-0.2, -0.15) is 4.31 Å². The Bertz CT molecular complexity index is 1060. The Morgan fingerprint density at radius 3 is 2.65 bits per heavy atom. The van der Waals surface area contributed by atoms with Gasteiger partial charge in [-0.15, -0.1) is 0 Å². The van der Waals surface area contributed by atoms with E-state index in [0.29, 0.717) is 17.9 Å². The average Bonchev–Trinajstić information content (AvgIpc) is 3.25. The van der Waals surface area contributed by atoms with E-state index in [-0.39, 0.29) is 18.1 Å². The van der Waals surface area contributed by atoms with E-state index >= 15 is 0 Å². The summed E-state index contributed by atoms with van der Waals surface area (Å²) in [7, 11) is -2.14. The number of ether oxygens (including phenoxy) is 2. The highest BCUT2D eigenvalue weighted by molar-refractivity contribution is 7.89. The first-order valence-electron chi connectivity index (χ1n) is 10.1. The number of aliphatic carboxylic acids is 1. The number of aliphatic hydroxyl groups is 1. The van der Waals surface area contributed by atoms with Gasteiger partial charge >= 0.3 is 5.97 Å². The van der Waals surface area contributed by atoms with E-state index in [9.17, 15) is 18.3 Å². The Morgan fingerprint density at radius 1 is 1.19 bits per heavy atom. The molecule has 2 aliphatic rings. The molecule has 1 aliphatic heterocycles. The third kappa shape index (κ3) is 4.26. The Labute approximate surface area is 181 Å². The molecule has 166 valence electrons. The molecule has 4 atom stereocenters. The minimum absolute atomic E-state index is 0.0659. The lowest BCUT2D eigenvalue weighted by Crippen LogP contribution is -2.45. The highest BCUT2D eigenvalue weighted by Crippen LogP contribution is 2.52. The number of hydrogen-bond donors (Lipinski definition) is 2. The van der Waals surface area contributed by atoms with Crippen LogP contribution >= 0.6 is 0 Å². The third-order valence-corrected chi connectivity index (χ3v) is 7.82. The lowest BCUT2D eigenvalue weighted by Gasteiger charge is -2.30. The van der Waals surface area contributed by atoms with Gasteiger partial charge in [-0.05, 0) is 18.1 Å². The molecule has 0 bridgehead atoms. The molecule has 9 heteroatoms. The summed E-state index contributed by atoms with van der Waals surface area (Å²) in [6.45, 7) is -0.505. The Hall–Kier alpha value is -2.62. The SMILES string of the molecule is CN(C1C(O)CC2Oc3c(OCC(=O)O)cccc3C21)S(=O)(=O)CCc1ccccc1. The molecule has 1 heterocycles. The predicted octanol–water partition coefficient (Wildman–Crippen LogP) is 1.63. The van der Waals surface area contributed by atoms with Crippen molar-refractivity contribution in [1.82, 2.24) is 4.31 Å². The van der Waals surface area contributed by atoms with E-state index in [2.05, 4.69) is 0 Å². The maximum Gasteiger partial charge on any atom is 0.341 e. The number of aliphatic hydroxyl groups excluding tert-OH is 1. The number of para-hydroxylation sites is 1. The predicted molar refractivity (Wildman–Crippen MR) is 113 cm³/mol. The number of sulfonamides is 1. The van der Waals surface area contributed by atoms with Crippen LogP contribution in [0, 0.1) is 0 Å². The summed E-state index contributed by atoms with van der Waals surface area (Å²) in [4.78, 5) is 10.9. The molecule has 0 spiro atoms. The van der Waals surface area contributed by atoms with Gasteiger partial charge in [-0.1, -0.05) is 42.5 Å². The Morgan fingerprint density at radius 2 is 1.94 bits per heavy atom. The number of nitrogens with zero attached hydrogens (tertiary/aromatic N) is 1. The molecule has 1 saturated carbocycles. The van der Waals surface area contributed by atoms with Crippen LogP contribution in [0.15, 0.2) is 48.5 Å². The zero-order chi connectivity index (χ0) is 22.2.